The van der Waals surface area contributed by atoms with Crippen LogP contribution in [0.1, 0.15) is 53.8 Å². The second-order valence-electron chi connectivity index (χ2n) is 8.06. The van der Waals surface area contributed by atoms with E-state index in [9.17, 15) is 4.79 Å². The zero-order valence-electron chi connectivity index (χ0n) is 23.3. The van der Waals surface area contributed by atoms with Gasteiger partial charge in [-0.25, -0.2) is 4.98 Å². The van der Waals surface area contributed by atoms with E-state index in [-0.39, 0.29) is 11.8 Å². The van der Waals surface area contributed by atoms with Gasteiger partial charge in [0.25, 0.3) is 5.91 Å². The average molecular weight is 547 g/mol. The highest BCUT2D eigenvalue weighted by molar-refractivity contribution is 7.35. The van der Waals surface area contributed by atoms with Crippen LogP contribution < -0.4 is 16.4 Å². The second kappa shape index (κ2) is 17.7. The molecule has 0 fully saturated rings. The molecule has 1 aliphatic heterocycles. The van der Waals surface area contributed by atoms with E-state index in [1.807, 2.05) is 57.3 Å². The number of terminal acetylenes is 1. The fourth-order valence-corrected chi connectivity index (χ4v) is 3.88. The molecule has 1 aromatic heterocycles. The number of hydrogen-bond donors (Lipinski definition) is 3. The molecule has 0 radical (unpaired) electrons. The molecule has 2 unspecified atom stereocenters. The molecule has 1 aliphatic rings. The number of aryl methyl sites for hydroxylation is 1. The van der Waals surface area contributed by atoms with Gasteiger partial charge in [-0.15, -0.1) is 32.8 Å². The van der Waals surface area contributed by atoms with Crippen LogP contribution in [0.4, 0.5) is 5.69 Å². The first kappa shape index (κ1) is 34.2. The number of nitrogens with one attached hydrogen (secondary N) is 1. The highest BCUT2D eigenvalue weighted by Gasteiger charge is 2.27. The first-order valence-electron chi connectivity index (χ1n) is 12.0. The zero-order chi connectivity index (χ0) is 28.7. The number of hydrogen-bond acceptors (Lipinski definition) is 8. The number of carbonyl (C=O) groups is 1. The van der Waals surface area contributed by atoms with Crippen LogP contribution in [-0.4, -0.2) is 67.9 Å². The van der Waals surface area contributed by atoms with Crippen molar-refractivity contribution >= 4 is 43.1 Å². The highest BCUT2D eigenvalue weighted by Crippen LogP contribution is 2.30. The van der Waals surface area contributed by atoms with Crippen molar-refractivity contribution in [1.82, 2.24) is 9.88 Å². The molecular weight excluding hydrogens is 503 g/mol. The Balaban J connectivity index is 0.00000169. The van der Waals surface area contributed by atoms with Crippen molar-refractivity contribution in [2.24, 2.45) is 11.5 Å². The Morgan fingerprint density at radius 1 is 1.22 bits per heavy atom. The van der Waals surface area contributed by atoms with Gasteiger partial charge >= 0.3 is 0 Å². The number of benzene rings is 1. The molecule has 37 heavy (non-hydrogen) atoms. The first-order valence-corrected chi connectivity index (χ1v) is 14.9. The van der Waals surface area contributed by atoms with E-state index in [0.29, 0.717) is 17.7 Å². The summed E-state index contributed by atoms with van der Waals surface area (Å²) >= 11 is 1.53. The number of rotatable bonds is 6. The predicted octanol–water partition coefficient (Wildman–Crippen LogP) is 4.58. The molecule has 8 nitrogen and oxygen atoms in total. The lowest BCUT2D eigenvalue weighted by Crippen LogP contribution is -2.42. The first-order chi connectivity index (χ1) is 17.6. The van der Waals surface area contributed by atoms with Gasteiger partial charge in [-0.3, -0.25) is 15.9 Å². The van der Waals surface area contributed by atoms with Gasteiger partial charge in [-0.2, -0.15) is 0 Å². The Morgan fingerprint density at radius 2 is 1.78 bits per heavy atom. The second-order valence-corrected chi connectivity index (χ2v) is 9.92. The van der Waals surface area contributed by atoms with Crippen molar-refractivity contribution in [1.29, 1.82) is 5.41 Å². The quantitative estimate of drug-likeness (QED) is 0.160. The Labute approximate surface area is 228 Å². The van der Waals surface area contributed by atoms with E-state index >= 15 is 0 Å². The molecule has 2 heterocycles. The Bertz CT molecular complexity index is 1050. The lowest BCUT2D eigenvalue weighted by Gasteiger charge is -2.22. The van der Waals surface area contributed by atoms with Crippen LogP contribution in [-0.2, 0) is 4.74 Å². The molecule has 0 spiro atoms. The third-order valence-electron chi connectivity index (χ3n) is 4.78. The number of ether oxygens (including phenoxy) is 1. The van der Waals surface area contributed by atoms with Gasteiger partial charge in [-0.1, -0.05) is 19.9 Å². The van der Waals surface area contributed by atoms with Gasteiger partial charge in [0.2, 0.25) is 5.90 Å². The summed E-state index contributed by atoms with van der Waals surface area (Å²) in [5, 5.41) is 11.1. The summed E-state index contributed by atoms with van der Waals surface area (Å²) in [4.78, 5) is 21.6. The molecule has 0 saturated heterocycles. The Hall–Kier alpha value is -2.76. The lowest BCUT2D eigenvalue weighted by atomic mass is 10.1. The molecule has 10 heteroatoms. The molecule has 2 atom stereocenters. The number of nitrogens with zero attached hydrogens (tertiary/aromatic N) is 3. The van der Waals surface area contributed by atoms with Gasteiger partial charge in [-0.05, 0) is 51.8 Å². The zero-order valence-corrected chi connectivity index (χ0v) is 25.1. The molecule has 204 valence electrons. The summed E-state index contributed by atoms with van der Waals surface area (Å²) in [7, 11) is 4.84. The molecule has 0 saturated carbocycles. The van der Waals surface area contributed by atoms with Gasteiger partial charge in [0.1, 0.15) is 5.01 Å². The van der Waals surface area contributed by atoms with Crippen molar-refractivity contribution in [2.45, 2.75) is 46.4 Å². The van der Waals surface area contributed by atoms with Crippen LogP contribution in [0.3, 0.4) is 0 Å². The topological polar surface area (TPSA) is 122 Å². The van der Waals surface area contributed by atoms with E-state index in [1.165, 1.54) is 11.3 Å². The third-order valence-corrected chi connectivity index (χ3v) is 5.76. The SMILES string of the molecule is C#C.CC.CPC.Cc1csc(C2=CCCN2C(=O)c2cc(C(=N)OC(N)C(C)N)cc(N(C)C)c2)n1. The van der Waals surface area contributed by atoms with Crippen LogP contribution in [0.25, 0.3) is 5.70 Å². The maximum absolute atomic E-state index is 13.4. The molecule has 0 aliphatic carbocycles. The number of aromatic nitrogens is 1. The minimum Gasteiger partial charge on any atom is -0.457 e. The molecule has 1 aromatic carbocycles. The minimum absolute atomic E-state index is 0.120. The summed E-state index contributed by atoms with van der Waals surface area (Å²) in [6.45, 7) is 12.6. The van der Waals surface area contributed by atoms with Crippen molar-refractivity contribution in [3.05, 3.63) is 51.5 Å². The fraction of sp³-hybridized carbons (Fsp3) is 0.444. The summed E-state index contributed by atoms with van der Waals surface area (Å²) in [6.07, 6.45) is 10.0. The monoisotopic (exact) mass is 546 g/mol. The Morgan fingerprint density at radius 3 is 2.27 bits per heavy atom. The Kier molecular flexibility index (Phi) is 16.3. The van der Waals surface area contributed by atoms with E-state index in [0.717, 1.165) is 37.1 Å². The predicted molar refractivity (Wildman–Crippen MR) is 162 cm³/mol. The van der Waals surface area contributed by atoms with Gasteiger partial charge in [0, 0.05) is 48.5 Å². The minimum atomic E-state index is -0.805. The van der Waals surface area contributed by atoms with Crippen molar-refractivity contribution in [2.75, 3.05) is 38.9 Å². The van der Waals surface area contributed by atoms with Crippen LogP contribution in [0.15, 0.2) is 29.7 Å². The maximum atomic E-state index is 13.4. The van der Waals surface area contributed by atoms with Crippen molar-refractivity contribution in [3.63, 3.8) is 0 Å². The summed E-state index contributed by atoms with van der Waals surface area (Å²) in [6, 6.07) is 4.84. The largest absolute Gasteiger partial charge is 0.457 e. The van der Waals surface area contributed by atoms with E-state index < -0.39 is 12.3 Å². The van der Waals surface area contributed by atoms with Gasteiger partial charge in [0.15, 0.2) is 6.23 Å². The summed E-state index contributed by atoms with van der Waals surface area (Å²) in [5.74, 6) is -0.258. The van der Waals surface area contributed by atoms with Gasteiger partial charge < -0.3 is 20.3 Å². The van der Waals surface area contributed by atoms with Crippen LogP contribution >= 0.6 is 19.9 Å². The fourth-order valence-electron chi connectivity index (χ4n) is 3.04. The van der Waals surface area contributed by atoms with Crippen molar-refractivity contribution < 1.29 is 9.53 Å². The number of anilines is 1. The number of carbonyl (C=O) groups excluding carboxylic acids is 1. The van der Waals surface area contributed by atoms with Gasteiger partial charge in [0.05, 0.1) is 11.7 Å². The summed E-state index contributed by atoms with van der Waals surface area (Å²) in [5.41, 5.74) is 15.1. The molecule has 2 aromatic rings. The van der Waals surface area contributed by atoms with E-state index in [2.05, 4.69) is 31.2 Å². The number of nitrogens with two attached hydrogens (primary N) is 2. The van der Waals surface area contributed by atoms with Crippen LogP contribution in [0, 0.1) is 25.2 Å². The average Bonchev–Trinajstić information content (AvgIpc) is 3.55. The molecule has 5 N–H and O–H groups in total. The normalized spacial score (nSPS) is 13.3. The molecule has 0 bridgehead atoms. The lowest BCUT2D eigenvalue weighted by molar-refractivity contribution is 0.0844. The number of amides is 1. The molecule has 3 rings (SSSR count). The van der Waals surface area contributed by atoms with E-state index in [1.54, 1.807) is 24.0 Å². The van der Waals surface area contributed by atoms with Crippen molar-refractivity contribution in [3.8, 4) is 12.8 Å². The smallest absolute Gasteiger partial charge is 0.258 e. The third kappa shape index (κ3) is 10.3. The highest BCUT2D eigenvalue weighted by atomic mass is 32.1. The standard InChI is InChI=1S/C21H28N6O2S.C2H7P.C2H6.C2H2/c1-12-11-30-20(25-12)17-6-5-7-27(17)21(28)15-8-14(9-16(10-15)26(3)4)19(24)29-18(23)13(2)22;1-3-2;2*1-2/h6,8-11,13,18,24H,5,7,22-23H2,1-4H3;3H,1-2H3;1-2H3;1-2H. The molecule has 1 amide bonds. The number of thiazole rings is 1. The van der Waals surface area contributed by atoms with E-state index in [4.69, 9.17) is 21.6 Å². The van der Waals surface area contributed by atoms with Crippen LogP contribution in [0.2, 0.25) is 0 Å². The summed E-state index contributed by atoms with van der Waals surface area (Å²) < 4.78 is 5.46. The van der Waals surface area contributed by atoms with Crippen LogP contribution in [0.5, 0.6) is 0 Å². The molecular formula is C27H43N6O2PS. The maximum Gasteiger partial charge on any atom is 0.258 e.